The fourth-order valence-corrected chi connectivity index (χ4v) is 3.28. The van der Waals surface area contributed by atoms with Crippen molar-refractivity contribution in [3.63, 3.8) is 0 Å². The molecule has 0 spiro atoms. The van der Waals surface area contributed by atoms with E-state index in [4.69, 9.17) is 0 Å². The summed E-state index contributed by atoms with van der Waals surface area (Å²) in [6.07, 6.45) is -0.112. The number of benzene rings is 2. The van der Waals surface area contributed by atoms with E-state index in [9.17, 15) is 22.0 Å². The minimum atomic E-state index is -3.68. The zero-order valence-electron chi connectivity index (χ0n) is 13.5. The highest BCUT2D eigenvalue weighted by molar-refractivity contribution is 7.89. The maximum Gasteiger partial charge on any atom is 0.240 e. The predicted octanol–water partition coefficient (Wildman–Crippen LogP) is 2.51. The van der Waals surface area contributed by atoms with Crippen LogP contribution >= 0.6 is 0 Å². The maximum absolute atomic E-state index is 13.7. The van der Waals surface area contributed by atoms with Crippen LogP contribution in [0.2, 0.25) is 0 Å². The Morgan fingerprint density at radius 1 is 1.12 bits per heavy atom. The van der Waals surface area contributed by atoms with Crippen LogP contribution in [0.3, 0.4) is 0 Å². The number of hydrogen-bond donors (Lipinski definition) is 2. The van der Waals surface area contributed by atoms with E-state index in [0.29, 0.717) is 0 Å². The normalized spacial score (nSPS) is 12.6. The number of sulfonamides is 1. The number of rotatable bonds is 7. The average Bonchev–Trinajstić information content (AvgIpc) is 2.55. The van der Waals surface area contributed by atoms with E-state index in [2.05, 4.69) is 10.0 Å². The molecule has 25 heavy (non-hydrogen) atoms. The van der Waals surface area contributed by atoms with Crippen molar-refractivity contribution in [1.82, 2.24) is 10.0 Å². The third-order valence-electron chi connectivity index (χ3n) is 3.50. The molecule has 0 saturated carbocycles. The molecule has 0 aliphatic heterocycles. The first kappa shape index (κ1) is 19.0. The van der Waals surface area contributed by atoms with Gasteiger partial charge in [-0.3, -0.25) is 4.79 Å². The monoisotopic (exact) mass is 368 g/mol. The van der Waals surface area contributed by atoms with Gasteiger partial charge in [0.25, 0.3) is 0 Å². The van der Waals surface area contributed by atoms with Gasteiger partial charge < -0.3 is 5.32 Å². The van der Waals surface area contributed by atoms with Crippen LogP contribution in [0.5, 0.6) is 0 Å². The van der Waals surface area contributed by atoms with E-state index in [1.54, 1.807) is 25.1 Å². The van der Waals surface area contributed by atoms with Crippen LogP contribution < -0.4 is 10.0 Å². The zero-order chi connectivity index (χ0) is 18.4. The minimum Gasteiger partial charge on any atom is -0.349 e. The number of hydrogen-bond acceptors (Lipinski definition) is 3. The molecular formula is C17H18F2N2O3S. The van der Waals surface area contributed by atoms with Crippen molar-refractivity contribution < 1.29 is 22.0 Å². The summed E-state index contributed by atoms with van der Waals surface area (Å²) in [5, 5.41) is 2.55. The molecule has 0 aliphatic rings. The van der Waals surface area contributed by atoms with Gasteiger partial charge >= 0.3 is 0 Å². The molecule has 1 atom stereocenters. The van der Waals surface area contributed by atoms with E-state index in [1.807, 2.05) is 0 Å². The molecule has 1 unspecified atom stereocenters. The van der Waals surface area contributed by atoms with Crippen LogP contribution in [0.25, 0.3) is 0 Å². The third-order valence-corrected chi connectivity index (χ3v) is 4.98. The van der Waals surface area contributed by atoms with Gasteiger partial charge in [0.15, 0.2) is 0 Å². The molecule has 2 aromatic carbocycles. The molecule has 5 nitrogen and oxygen atoms in total. The summed E-state index contributed by atoms with van der Waals surface area (Å²) in [6, 6.07) is 10.2. The van der Waals surface area contributed by atoms with Gasteiger partial charge in [0.05, 0.1) is 10.9 Å². The van der Waals surface area contributed by atoms with Crippen molar-refractivity contribution in [2.45, 2.75) is 24.3 Å². The van der Waals surface area contributed by atoms with Crippen molar-refractivity contribution in [2.24, 2.45) is 0 Å². The molecule has 0 saturated heterocycles. The van der Waals surface area contributed by atoms with Crippen LogP contribution in [0.1, 0.15) is 24.9 Å². The first-order valence-corrected chi connectivity index (χ1v) is 9.07. The Balaban J connectivity index is 1.86. The smallest absolute Gasteiger partial charge is 0.240 e. The molecule has 0 fully saturated rings. The Labute approximate surface area is 145 Å². The van der Waals surface area contributed by atoms with Crippen LogP contribution in [-0.2, 0) is 14.8 Å². The van der Waals surface area contributed by atoms with Gasteiger partial charge in [0.2, 0.25) is 15.9 Å². The largest absolute Gasteiger partial charge is 0.349 e. The molecule has 134 valence electrons. The van der Waals surface area contributed by atoms with Crippen LogP contribution in [0.4, 0.5) is 8.78 Å². The highest BCUT2D eigenvalue weighted by Gasteiger charge is 2.16. The Morgan fingerprint density at radius 2 is 1.80 bits per heavy atom. The SMILES string of the molecule is CC(NC(=O)CCNS(=O)(=O)c1ccccc1)c1ccc(F)cc1F. The van der Waals surface area contributed by atoms with Crippen molar-refractivity contribution in [2.75, 3.05) is 6.54 Å². The molecule has 2 aromatic rings. The van der Waals surface area contributed by atoms with Gasteiger partial charge in [-0.05, 0) is 25.1 Å². The summed E-state index contributed by atoms with van der Waals surface area (Å²) < 4.78 is 52.9. The van der Waals surface area contributed by atoms with E-state index >= 15 is 0 Å². The van der Waals surface area contributed by atoms with Crippen molar-refractivity contribution in [3.8, 4) is 0 Å². The zero-order valence-corrected chi connectivity index (χ0v) is 14.3. The number of amides is 1. The fraction of sp³-hybridized carbons (Fsp3) is 0.235. The summed E-state index contributed by atoms with van der Waals surface area (Å²) in [5.74, 6) is -1.90. The van der Waals surface area contributed by atoms with Crippen LogP contribution in [-0.4, -0.2) is 20.9 Å². The van der Waals surface area contributed by atoms with E-state index in [1.165, 1.54) is 18.2 Å². The molecule has 2 rings (SSSR count). The fourth-order valence-electron chi connectivity index (χ4n) is 2.23. The standard InChI is InChI=1S/C17H18F2N2O3S/c1-12(15-8-7-13(18)11-16(15)19)21-17(22)9-10-20-25(23,24)14-5-3-2-4-6-14/h2-8,11-12,20H,9-10H2,1H3,(H,21,22). The second kappa shape index (κ2) is 8.17. The quantitative estimate of drug-likeness (QED) is 0.789. The molecule has 0 radical (unpaired) electrons. The molecule has 0 heterocycles. The molecule has 8 heteroatoms. The van der Waals surface area contributed by atoms with Gasteiger partial charge in [-0.2, -0.15) is 0 Å². The lowest BCUT2D eigenvalue weighted by molar-refractivity contribution is -0.121. The predicted molar refractivity (Wildman–Crippen MR) is 89.2 cm³/mol. The Hall–Kier alpha value is -2.32. The van der Waals surface area contributed by atoms with Gasteiger partial charge in [-0.1, -0.05) is 24.3 Å². The summed E-state index contributed by atoms with van der Waals surface area (Å²) in [5.41, 5.74) is 0.152. The Kier molecular flexibility index (Phi) is 6.22. The van der Waals surface area contributed by atoms with Crippen LogP contribution in [0.15, 0.2) is 53.4 Å². The van der Waals surface area contributed by atoms with Gasteiger partial charge in [-0.25, -0.2) is 21.9 Å². The van der Waals surface area contributed by atoms with Gasteiger partial charge in [0.1, 0.15) is 11.6 Å². The van der Waals surface area contributed by atoms with E-state index < -0.39 is 33.6 Å². The van der Waals surface area contributed by atoms with Crippen molar-refractivity contribution in [3.05, 3.63) is 65.7 Å². The van der Waals surface area contributed by atoms with Gasteiger partial charge in [-0.15, -0.1) is 0 Å². The summed E-state index contributed by atoms with van der Waals surface area (Å²) in [6.45, 7) is 1.46. The highest BCUT2D eigenvalue weighted by Crippen LogP contribution is 2.17. The average molecular weight is 368 g/mol. The topological polar surface area (TPSA) is 75.3 Å². The Morgan fingerprint density at radius 3 is 2.44 bits per heavy atom. The molecular weight excluding hydrogens is 350 g/mol. The highest BCUT2D eigenvalue weighted by atomic mass is 32.2. The summed E-state index contributed by atoms with van der Waals surface area (Å²) in [4.78, 5) is 12.0. The van der Waals surface area contributed by atoms with Crippen molar-refractivity contribution >= 4 is 15.9 Å². The minimum absolute atomic E-state index is 0.0956. The number of carbonyl (C=O) groups is 1. The second-order valence-corrected chi connectivity index (χ2v) is 7.18. The number of halogens is 2. The van der Waals surface area contributed by atoms with Gasteiger partial charge in [0, 0.05) is 24.6 Å². The summed E-state index contributed by atoms with van der Waals surface area (Å²) in [7, 11) is -3.68. The van der Waals surface area contributed by atoms with E-state index in [-0.39, 0.29) is 23.4 Å². The second-order valence-electron chi connectivity index (χ2n) is 5.42. The number of nitrogens with one attached hydrogen (secondary N) is 2. The Bertz CT molecular complexity index is 842. The maximum atomic E-state index is 13.7. The molecule has 0 aromatic heterocycles. The molecule has 1 amide bonds. The molecule has 0 aliphatic carbocycles. The number of carbonyl (C=O) groups excluding carboxylic acids is 1. The van der Waals surface area contributed by atoms with Crippen LogP contribution in [0, 0.1) is 11.6 Å². The molecule has 2 N–H and O–H groups in total. The third kappa shape index (κ3) is 5.33. The lowest BCUT2D eigenvalue weighted by atomic mass is 10.1. The first-order valence-electron chi connectivity index (χ1n) is 7.58. The lowest BCUT2D eigenvalue weighted by Crippen LogP contribution is -2.32. The van der Waals surface area contributed by atoms with E-state index in [0.717, 1.165) is 12.1 Å². The first-order chi connectivity index (χ1) is 11.8. The lowest BCUT2D eigenvalue weighted by Gasteiger charge is -2.15. The van der Waals surface area contributed by atoms with Crippen molar-refractivity contribution in [1.29, 1.82) is 0 Å². The molecule has 0 bridgehead atoms. The summed E-state index contributed by atoms with van der Waals surface area (Å²) >= 11 is 0.